The van der Waals surface area contributed by atoms with E-state index in [2.05, 4.69) is 46.8 Å². The third-order valence-electron chi connectivity index (χ3n) is 5.39. The number of anilines is 2. The van der Waals surface area contributed by atoms with Gasteiger partial charge in [-0.2, -0.15) is 0 Å². The molecule has 5 nitrogen and oxygen atoms in total. The Kier molecular flexibility index (Phi) is 6.19. The number of urea groups is 1. The van der Waals surface area contributed by atoms with Crippen molar-refractivity contribution >= 4 is 17.4 Å². The second-order valence-corrected chi connectivity index (χ2v) is 7.58. The summed E-state index contributed by atoms with van der Waals surface area (Å²) in [4.78, 5) is 14.8. The maximum Gasteiger partial charge on any atom is 0.319 e. The van der Waals surface area contributed by atoms with Crippen molar-refractivity contribution in [3.05, 3.63) is 23.8 Å². The van der Waals surface area contributed by atoms with E-state index in [1.807, 2.05) is 6.07 Å². The van der Waals surface area contributed by atoms with Crippen LogP contribution in [-0.2, 0) is 0 Å². The molecular weight excluding hydrogens is 312 g/mol. The molecule has 2 aliphatic heterocycles. The topological polar surface area (TPSA) is 56.4 Å². The number of hydrogen-bond acceptors (Lipinski definition) is 3. The Morgan fingerprint density at radius 2 is 1.96 bits per heavy atom. The predicted octanol–water partition coefficient (Wildman–Crippen LogP) is 3.64. The molecule has 2 saturated heterocycles. The van der Waals surface area contributed by atoms with Crippen LogP contribution in [0.1, 0.15) is 51.0 Å². The number of carbonyl (C=O) groups excluding carboxylic acids is 1. The molecule has 1 aromatic carbocycles. The Hall–Kier alpha value is -1.75. The molecular formula is C20H32N4O. The number of nitrogens with one attached hydrogen (secondary N) is 3. The molecule has 2 amide bonds. The lowest BCUT2D eigenvalue weighted by molar-refractivity contribution is 0.242. The molecule has 2 unspecified atom stereocenters. The average Bonchev–Trinajstić information content (AvgIpc) is 2.86. The number of piperidine rings is 1. The first kappa shape index (κ1) is 18.1. The fourth-order valence-corrected chi connectivity index (χ4v) is 3.92. The van der Waals surface area contributed by atoms with Crippen LogP contribution in [0.3, 0.4) is 0 Å². The number of amides is 2. The van der Waals surface area contributed by atoms with Gasteiger partial charge in [0.1, 0.15) is 0 Å². The highest BCUT2D eigenvalue weighted by Crippen LogP contribution is 2.25. The van der Waals surface area contributed by atoms with Gasteiger partial charge < -0.3 is 20.9 Å². The van der Waals surface area contributed by atoms with E-state index in [9.17, 15) is 4.79 Å². The van der Waals surface area contributed by atoms with Crippen molar-refractivity contribution in [2.24, 2.45) is 0 Å². The lowest BCUT2D eigenvalue weighted by Gasteiger charge is -2.28. The van der Waals surface area contributed by atoms with Crippen LogP contribution in [0.25, 0.3) is 0 Å². The highest BCUT2D eigenvalue weighted by molar-refractivity contribution is 5.90. The fourth-order valence-electron chi connectivity index (χ4n) is 3.92. The molecule has 3 rings (SSSR count). The molecule has 2 heterocycles. The second kappa shape index (κ2) is 8.56. The van der Waals surface area contributed by atoms with Crippen LogP contribution in [0.15, 0.2) is 18.2 Å². The summed E-state index contributed by atoms with van der Waals surface area (Å²) >= 11 is 0. The lowest BCUT2D eigenvalue weighted by atomic mass is 10.0. The zero-order chi connectivity index (χ0) is 17.6. The fraction of sp³-hybridized carbons (Fsp3) is 0.650. The Balaban J connectivity index is 1.57. The van der Waals surface area contributed by atoms with Crippen molar-refractivity contribution in [3.63, 3.8) is 0 Å². The van der Waals surface area contributed by atoms with Gasteiger partial charge in [0.15, 0.2) is 0 Å². The van der Waals surface area contributed by atoms with Gasteiger partial charge >= 0.3 is 6.03 Å². The molecule has 1 aromatic rings. The van der Waals surface area contributed by atoms with E-state index in [4.69, 9.17) is 0 Å². The highest BCUT2D eigenvalue weighted by atomic mass is 16.2. The van der Waals surface area contributed by atoms with Crippen LogP contribution < -0.4 is 20.9 Å². The smallest absolute Gasteiger partial charge is 0.319 e. The van der Waals surface area contributed by atoms with Crippen molar-refractivity contribution in [3.8, 4) is 0 Å². The van der Waals surface area contributed by atoms with Gasteiger partial charge in [-0.15, -0.1) is 0 Å². The van der Waals surface area contributed by atoms with Gasteiger partial charge in [-0.1, -0.05) is 12.8 Å². The number of benzene rings is 1. The van der Waals surface area contributed by atoms with E-state index < -0.39 is 0 Å². The van der Waals surface area contributed by atoms with Crippen molar-refractivity contribution in [1.29, 1.82) is 0 Å². The van der Waals surface area contributed by atoms with Gasteiger partial charge in [-0.25, -0.2) is 4.79 Å². The molecule has 5 heteroatoms. The van der Waals surface area contributed by atoms with E-state index in [-0.39, 0.29) is 12.1 Å². The first-order chi connectivity index (χ1) is 12.1. The summed E-state index contributed by atoms with van der Waals surface area (Å²) in [6.07, 6.45) is 7.20. The summed E-state index contributed by atoms with van der Waals surface area (Å²) in [7, 11) is 0. The number of carbonyl (C=O) groups is 1. The molecule has 2 fully saturated rings. The molecule has 0 saturated carbocycles. The normalized spacial score (nSPS) is 24.5. The van der Waals surface area contributed by atoms with Gasteiger partial charge in [-0.3, -0.25) is 0 Å². The van der Waals surface area contributed by atoms with Crippen LogP contribution in [0.2, 0.25) is 0 Å². The standard InChI is InChI=1S/C20H32N4O/c1-15-13-18(24-11-5-3-4-6-12-24)7-8-19(15)23-20(25)22-17-9-10-21-16(2)14-17/h7-8,13,16-17,21H,3-6,9-12,14H2,1-2H3,(H2,22,23,25). The van der Waals surface area contributed by atoms with E-state index in [0.717, 1.165) is 43.7 Å². The summed E-state index contributed by atoms with van der Waals surface area (Å²) in [6.45, 7) is 7.48. The van der Waals surface area contributed by atoms with Crippen LogP contribution >= 0.6 is 0 Å². The highest BCUT2D eigenvalue weighted by Gasteiger charge is 2.20. The molecule has 0 spiro atoms. The van der Waals surface area contributed by atoms with Crippen molar-refractivity contribution in [2.45, 2.75) is 64.5 Å². The Morgan fingerprint density at radius 3 is 2.64 bits per heavy atom. The van der Waals surface area contributed by atoms with Gasteiger partial charge in [0.2, 0.25) is 0 Å². The minimum absolute atomic E-state index is 0.0928. The second-order valence-electron chi connectivity index (χ2n) is 7.58. The summed E-state index contributed by atoms with van der Waals surface area (Å²) < 4.78 is 0. The molecule has 0 radical (unpaired) electrons. The summed E-state index contributed by atoms with van der Waals surface area (Å²) in [5.41, 5.74) is 3.30. The summed E-state index contributed by atoms with van der Waals surface area (Å²) in [6, 6.07) is 7.01. The Morgan fingerprint density at radius 1 is 1.20 bits per heavy atom. The number of rotatable bonds is 3. The maximum atomic E-state index is 12.3. The molecule has 2 aliphatic rings. The van der Waals surface area contributed by atoms with Crippen molar-refractivity contribution in [1.82, 2.24) is 10.6 Å². The number of hydrogen-bond donors (Lipinski definition) is 3. The molecule has 138 valence electrons. The molecule has 3 N–H and O–H groups in total. The lowest BCUT2D eigenvalue weighted by Crippen LogP contribution is -2.47. The third kappa shape index (κ3) is 5.11. The van der Waals surface area contributed by atoms with E-state index in [1.54, 1.807) is 0 Å². The maximum absolute atomic E-state index is 12.3. The number of aryl methyl sites for hydroxylation is 1. The SMILES string of the molecule is Cc1cc(N2CCCCCC2)ccc1NC(=O)NC1CCNC(C)C1. The summed E-state index contributed by atoms with van der Waals surface area (Å²) in [5, 5.41) is 9.55. The minimum atomic E-state index is -0.0928. The van der Waals surface area contributed by atoms with Crippen molar-refractivity contribution in [2.75, 3.05) is 29.9 Å². The average molecular weight is 345 g/mol. The van der Waals surface area contributed by atoms with Crippen LogP contribution in [0.4, 0.5) is 16.2 Å². The zero-order valence-corrected chi connectivity index (χ0v) is 15.6. The molecule has 0 bridgehead atoms. The molecule has 25 heavy (non-hydrogen) atoms. The molecule has 0 aromatic heterocycles. The first-order valence-corrected chi connectivity index (χ1v) is 9.78. The Labute approximate surface area is 151 Å². The predicted molar refractivity (Wildman–Crippen MR) is 105 cm³/mol. The van der Waals surface area contributed by atoms with Gasteiger partial charge in [0, 0.05) is 36.5 Å². The minimum Gasteiger partial charge on any atom is -0.372 e. The van der Waals surface area contributed by atoms with E-state index >= 15 is 0 Å². The quantitative estimate of drug-likeness (QED) is 0.785. The van der Waals surface area contributed by atoms with Crippen LogP contribution in [0.5, 0.6) is 0 Å². The van der Waals surface area contributed by atoms with Crippen LogP contribution in [0, 0.1) is 6.92 Å². The third-order valence-corrected chi connectivity index (χ3v) is 5.39. The molecule has 2 atom stereocenters. The van der Waals surface area contributed by atoms with Crippen LogP contribution in [-0.4, -0.2) is 37.7 Å². The summed E-state index contributed by atoms with van der Waals surface area (Å²) in [5.74, 6) is 0. The van der Waals surface area contributed by atoms with Gasteiger partial charge in [0.25, 0.3) is 0 Å². The van der Waals surface area contributed by atoms with Gasteiger partial charge in [0.05, 0.1) is 0 Å². The first-order valence-electron chi connectivity index (χ1n) is 9.78. The largest absolute Gasteiger partial charge is 0.372 e. The monoisotopic (exact) mass is 344 g/mol. The molecule has 0 aliphatic carbocycles. The Bertz CT molecular complexity index is 581. The number of nitrogens with zero attached hydrogens (tertiary/aromatic N) is 1. The van der Waals surface area contributed by atoms with E-state index in [0.29, 0.717) is 6.04 Å². The zero-order valence-electron chi connectivity index (χ0n) is 15.6. The van der Waals surface area contributed by atoms with Gasteiger partial charge in [-0.05, 0) is 69.8 Å². The van der Waals surface area contributed by atoms with E-state index in [1.165, 1.54) is 31.4 Å². The van der Waals surface area contributed by atoms with Crippen molar-refractivity contribution < 1.29 is 4.79 Å².